The van der Waals surface area contributed by atoms with Crippen LogP contribution < -0.4 is 5.73 Å². The van der Waals surface area contributed by atoms with Crippen molar-refractivity contribution in [1.29, 1.82) is 0 Å². The van der Waals surface area contributed by atoms with E-state index in [4.69, 9.17) is 15.0 Å². The lowest BCUT2D eigenvalue weighted by atomic mass is 9.86. The van der Waals surface area contributed by atoms with Gasteiger partial charge in [-0.3, -0.25) is 13.7 Å². The summed E-state index contributed by atoms with van der Waals surface area (Å²) in [6, 6.07) is 0. The van der Waals surface area contributed by atoms with Crippen LogP contribution in [-0.4, -0.2) is 70.0 Å². The van der Waals surface area contributed by atoms with E-state index >= 15 is 0 Å². The van der Waals surface area contributed by atoms with E-state index in [0.29, 0.717) is 5.82 Å². The molecule has 0 amide bonds. The monoisotopic (exact) mass is 459 g/mol. The maximum atomic E-state index is 12.9. The zero-order valence-electron chi connectivity index (χ0n) is 18.0. The Morgan fingerprint density at radius 2 is 2.06 bits per heavy atom. The molecule has 0 saturated heterocycles. The Kier molecular flexibility index (Phi) is 6.47. The van der Waals surface area contributed by atoms with Gasteiger partial charge in [-0.25, -0.2) is 15.0 Å². The normalized spacial score (nSPS) is 25.9. The number of aliphatic hydroxyl groups is 3. The Balaban J connectivity index is 2.15. The number of ether oxygens (including phenoxy) is 1. The highest BCUT2D eigenvalue weighted by Gasteiger charge is 2.51. The van der Waals surface area contributed by atoms with Crippen LogP contribution in [0.1, 0.15) is 58.5 Å². The summed E-state index contributed by atoms with van der Waals surface area (Å²) in [5.41, 5.74) is 5.24. The van der Waals surface area contributed by atoms with E-state index in [2.05, 4.69) is 15.0 Å². The van der Waals surface area contributed by atoms with Crippen LogP contribution in [0.5, 0.6) is 0 Å². The van der Waals surface area contributed by atoms with Crippen LogP contribution in [0.15, 0.2) is 6.33 Å². The van der Waals surface area contributed by atoms with Crippen LogP contribution in [0, 0.1) is 0 Å². The van der Waals surface area contributed by atoms with Crippen molar-refractivity contribution in [2.45, 2.75) is 69.7 Å². The van der Waals surface area contributed by atoms with Crippen molar-refractivity contribution in [3.05, 3.63) is 12.2 Å². The summed E-state index contributed by atoms with van der Waals surface area (Å²) < 4.78 is 26.0. The van der Waals surface area contributed by atoms with E-state index in [9.17, 15) is 24.8 Å². The SMILES string of the molecule is CCC(C)(OP(=O)(O)C(C)(O)CC)[C@@H]1CO[C@H]([C@H](O)CO)n2c1nc1c(N)ncnc12. The summed E-state index contributed by atoms with van der Waals surface area (Å²) >= 11 is 0. The van der Waals surface area contributed by atoms with Gasteiger partial charge in [0.1, 0.15) is 18.3 Å². The van der Waals surface area contributed by atoms with E-state index in [1.54, 1.807) is 20.8 Å². The van der Waals surface area contributed by atoms with Crippen LogP contribution in [0.25, 0.3) is 11.2 Å². The first-order valence-corrected chi connectivity index (χ1v) is 11.6. The lowest BCUT2D eigenvalue weighted by Gasteiger charge is -2.43. The fourth-order valence-electron chi connectivity index (χ4n) is 3.56. The van der Waals surface area contributed by atoms with Gasteiger partial charge in [0, 0.05) is 0 Å². The largest absolute Gasteiger partial charge is 0.394 e. The molecule has 2 aromatic heterocycles. The third-order valence-corrected chi connectivity index (χ3v) is 8.30. The number of fused-ring (bicyclic) bond motifs is 3. The minimum absolute atomic E-state index is 0.0111. The number of rotatable bonds is 8. The molecule has 0 aliphatic carbocycles. The highest BCUT2D eigenvalue weighted by Crippen LogP contribution is 2.60. The number of nitrogen functional groups attached to an aromatic ring is 1. The van der Waals surface area contributed by atoms with Crippen molar-refractivity contribution in [2.24, 2.45) is 0 Å². The Morgan fingerprint density at radius 1 is 1.39 bits per heavy atom. The van der Waals surface area contributed by atoms with Gasteiger partial charge in [0.15, 0.2) is 28.6 Å². The quantitative estimate of drug-likeness (QED) is 0.352. The first-order chi connectivity index (χ1) is 14.4. The molecule has 174 valence electrons. The zero-order chi connectivity index (χ0) is 23.2. The summed E-state index contributed by atoms with van der Waals surface area (Å²) in [4.78, 5) is 23.2. The maximum absolute atomic E-state index is 12.9. The van der Waals surface area contributed by atoms with Gasteiger partial charge in [-0.2, -0.15) is 0 Å². The second-order valence-corrected chi connectivity index (χ2v) is 10.3. The summed E-state index contributed by atoms with van der Waals surface area (Å²) in [6.07, 6.45) is -0.739. The molecule has 0 saturated carbocycles. The molecule has 0 bridgehead atoms. The average Bonchev–Trinajstić information content (AvgIpc) is 3.13. The summed E-state index contributed by atoms with van der Waals surface area (Å²) in [5, 5.41) is 28.3. The second kappa shape index (κ2) is 8.36. The molecule has 2 aromatic rings. The lowest BCUT2D eigenvalue weighted by Crippen LogP contribution is -2.46. The molecule has 6 N–H and O–H groups in total. The number of nitrogens with two attached hydrogens (primary N) is 1. The Morgan fingerprint density at radius 3 is 2.65 bits per heavy atom. The first kappa shape index (κ1) is 24.0. The van der Waals surface area contributed by atoms with Gasteiger partial charge in [-0.1, -0.05) is 13.8 Å². The smallest absolute Gasteiger partial charge is 0.359 e. The fraction of sp³-hybridized carbons (Fsp3) is 0.722. The predicted octanol–water partition coefficient (Wildman–Crippen LogP) is 0.863. The molecule has 3 rings (SSSR count). The van der Waals surface area contributed by atoms with E-state index < -0.39 is 43.4 Å². The van der Waals surface area contributed by atoms with Crippen LogP contribution in [0.2, 0.25) is 0 Å². The molecule has 3 heterocycles. The standard InChI is InChI=1S/C18H30N5O7P/c1-5-17(3,30-31(27,28)18(4,26)6-2)10-8-29-16(11(25)7-24)23-14(10)22-12-13(19)20-9-21-15(12)23/h9-11,16,24-26H,5-8H2,1-4H3,(H,27,28)(H2,19,20,21)/t10-,11-,16-,17?,18?/m1/s1. The Labute approximate surface area is 179 Å². The molecular weight excluding hydrogens is 429 g/mol. The fourth-order valence-corrected chi connectivity index (χ4v) is 4.98. The predicted molar refractivity (Wildman–Crippen MR) is 111 cm³/mol. The molecule has 0 aromatic carbocycles. The van der Waals surface area contributed by atoms with Gasteiger partial charge in [-0.15, -0.1) is 0 Å². The van der Waals surface area contributed by atoms with E-state index in [1.165, 1.54) is 17.8 Å². The van der Waals surface area contributed by atoms with Crippen molar-refractivity contribution in [2.75, 3.05) is 18.9 Å². The number of anilines is 1. The lowest BCUT2D eigenvalue weighted by molar-refractivity contribution is -0.134. The second-order valence-electron chi connectivity index (χ2n) is 8.15. The summed E-state index contributed by atoms with van der Waals surface area (Å²) in [6.45, 7) is 5.65. The molecular formula is C18H30N5O7P. The Hall–Kier alpha value is -1.66. The molecule has 1 aliphatic rings. The molecule has 31 heavy (non-hydrogen) atoms. The molecule has 3 unspecified atom stereocenters. The number of hydrogen-bond acceptors (Lipinski definition) is 10. The first-order valence-electron chi connectivity index (χ1n) is 10.1. The number of aliphatic hydroxyl groups excluding tert-OH is 2. The van der Waals surface area contributed by atoms with Gasteiger partial charge >= 0.3 is 7.60 Å². The van der Waals surface area contributed by atoms with Gasteiger partial charge in [0.05, 0.1) is 24.7 Å². The van der Waals surface area contributed by atoms with E-state index in [1.807, 2.05) is 0 Å². The third-order valence-electron chi connectivity index (χ3n) is 6.10. The molecule has 0 radical (unpaired) electrons. The van der Waals surface area contributed by atoms with Crippen LogP contribution in [-0.2, 0) is 13.8 Å². The number of imidazole rings is 1. The van der Waals surface area contributed by atoms with Crippen molar-refractivity contribution < 1.29 is 34.0 Å². The van der Waals surface area contributed by atoms with Crippen LogP contribution in [0.4, 0.5) is 5.82 Å². The van der Waals surface area contributed by atoms with E-state index in [-0.39, 0.29) is 36.4 Å². The molecule has 13 heteroatoms. The average molecular weight is 459 g/mol. The minimum atomic E-state index is -4.48. The molecule has 6 atom stereocenters. The number of hydrogen-bond donors (Lipinski definition) is 5. The maximum Gasteiger partial charge on any atom is 0.359 e. The summed E-state index contributed by atoms with van der Waals surface area (Å²) in [5.74, 6) is -0.212. The molecule has 1 aliphatic heterocycles. The summed E-state index contributed by atoms with van der Waals surface area (Å²) in [7, 11) is -4.48. The number of aromatic nitrogens is 4. The molecule has 0 fully saturated rings. The van der Waals surface area contributed by atoms with Crippen LogP contribution in [0.3, 0.4) is 0 Å². The van der Waals surface area contributed by atoms with Gasteiger partial charge in [0.2, 0.25) is 0 Å². The van der Waals surface area contributed by atoms with Crippen molar-refractivity contribution >= 4 is 24.6 Å². The molecule has 12 nitrogen and oxygen atoms in total. The topological polar surface area (TPSA) is 186 Å². The minimum Gasteiger partial charge on any atom is -0.394 e. The van der Waals surface area contributed by atoms with Crippen molar-refractivity contribution in [3.63, 3.8) is 0 Å². The van der Waals surface area contributed by atoms with Gasteiger partial charge < -0.3 is 30.7 Å². The highest BCUT2D eigenvalue weighted by atomic mass is 31.2. The third kappa shape index (κ3) is 3.97. The van der Waals surface area contributed by atoms with Crippen molar-refractivity contribution in [1.82, 2.24) is 19.5 Å². The van der Waals surface area contributed by atoms with E-state index in [0.717, 1.165) is 0 Å². The van der Waals surface area contributed by atoms with Gasteiger partial charge in [0.25, 0.3) is 0 Å². The van der Waals surface area contributed by atoms with Crippen molar-refractivity contribution in [3.8, 4) is 0 Å². The van der Waals surface area contributed by atoms with Gasteiger partial charge in [-0.05, 0) is 26.7 Å². The Bertz CT molecular complexity index is 999. The number of nitrogens with zero attached hydrogens (tertiary/aromatic N) is 4. The zero-order valence-corrected chi connectivity index (χ0v) is 18.9. The molecule has 0 spiro atoms. The highest BCUT2D eigenvalue weighted by molar-refractivity contribution is 7.54. The van der Waals surface area contributed by atoms with Crippen LogP contribution >= 0.6 is 7.60 Å².